The van der Waals surface area contributed by atoms with Gasteiger partial charge in [-0.15, -0.1) is 0 Å². The summed E-state index contributed by atoms with van der Waals surface area (Å²) in [4.78, 5) is 9.12. The lowest BCUT2D eigenvalue weighted by molar-refractivity contribution is -0.386. The number of nitro groups is 1. The van der Waals surface area contributed by atoms with Gasteiger partial charge in [-0.3, -0.25) is 10.1 Å². The lowest BCUT2D eigenvalue weighted by atomic mass is 10.2. The number of phenols is 1. The van der Waals surface area contributed by atoms with Crippen molar-refractivity contribution in [3.05, 3.63) is 32.8 Å². The van der Waals surface area contributed by atoms with Gasteiger partial charge >= 0.3 is 11.9 Å². The van der Waals surface area contributed by atoms with E-state index in [1.54, 1.807) is 0 Å². The Hall–Kier alpha value is -1.50. The van der Waals surface area contributed by atoms with Crippen LogP contribution in [0.3, 0.4) is 0 Å². The second-order valence-corrected chi connectivity index (χ2v) is 2.98. The average molecular weight is 242 g/mol. The highest BCUT2D eigenvalue weighted by Gasteiger charge is 2.36. The molecule has 0 spiro atoms. The van der Waals surface area contributed by atoms with Crippen LogP contribution >= 0.6 is 11.6 Å². The van der Waals surface area contributed by atoms with Gasteiger partial charge in [-0.25, -0.2) is 0 Å². The zero-order chi connectivity index (χ0) is 11.8. The summed E-state index contributed by atoms with van der Waals surface area (Å²) in [5, 5.41) is 18.4. The Balaban J connectivity index is 3.43. The first-order valence-corrected chi connectivity index (χ1v) is 3.85. The number of halogens is 4. The van der Waals surface area contributed by atoms with E-state index in [0.717, 1.165) is 0 Å². The summed E-state index contributed by atoms with van der Waals surface area (Å²) in [5.74, 6) is -0.905. The van der Waals surface area contributed by atoms with Crippen LogP contribution in [-0.2, 0) is 6.18 Å². The predicted octanol–water partition coefficient (Wildman–Crippen LogP) is 2.97. The number of hydrogen-bond acceptors (Lipinski definition) is 3. The molecule has 0 fully saturated rings. The maximum Gasteiger partial charge on any atom is 0.418 e. The molecule has 0 heterocycles. The minimum absolute atomic E-state index is 0.192. The number of rotatable bonds is 1. The SMILES string of the molecule is O=[N+]([O-])c1cc(C(F)(F)F)c(Cl)cc1O. The van der Waals surface area contributed by atoms with E-state index in [1.165, 1.54) is 0 Å². The predicted molar refractivity (Wildman–Crippen MR) is 44.8 cm³/mol. The van der Waals surface area contributed by atoms with Crippen molar-refractivity contribution in [3.8, 4) is 5.75 Å². The Labute approximate surface area is 86.0 Å². The third-order valence-corrected chi connectivity index (χ3v) is 1.88. The summed E-state index contributed by atoms with van der Waals surface area (Å²) in [5.41, 5.74) is -2.39. The Kier molecular flexibility index (Phi) is 2.76. The van der Waals surface area contributed by atoms with Crippen molar-refractivity contribution in [2.45, 2.75) is 6.18 Å². The molecule has 0 atom stereocenters. The second kappa shape index (κ2) is 3.58. The van der Waals surface area contributed by atoms with Gasteiger partial charge in [-0.05, 0) is 0 Å². The van der Waals surface area contributed by atoms with Crippen molar-refractivity contribution in [1.82, 2.24) is 0 Å². The van der Waals surface area contributed by atoms with Crippen LogP contribution < -0.4 is 0 Å². The fraction of sp³-hybridized carbons (Fsp3) is 0.143. The number of phenolic OH excluding ortho intramolecular Hbond substituents is 1. The second-order valence-electron chi connectivity index (χ2n) is 2.58. The first-order chi connectivity index (χ1) is 6.73. The molecule has 0 amide bonds. The van der Waals surface area contributed by atoms with Crippen LogP contribution in [0.2, 0.25) is 5.02 Å². The Bertz CT molecular complexity index is 419. The van der Waals surface area contributed by atoms with E-state index in [0.29, 0.717) is 6.07 Å². The van der Waals surface area contributed by atoms with Crippen molar-refractivity contribution in [2.75, 3.05) is 0 Å². The molecule has 0 aliphatic carbocycles. The van der Waals surface area contributed by atoms with Gasteiger partial charge in [0, 0.05) is 12.1 Å². The minimum Gasteiger partial charge on any atom is -0.502 e. The van der Waals surface area contributed by atoms with Crippen molar-refractivity contribution < 1.29 is 23.2 Å². The first-order valence-electron chi connectivity index (χ1n) is 3.47. The van der Waals surface area contributed by atoms with Gasteiger partial charge in [0.25, 0.3) is 0 Å². The molecular weight excluding hydrogens is 239 g/mol. The quantitative estimate of drug-likeness (QED) is 0.607. The third-order valence-electron chi connectivity index (χ3n) is 1.57. The van der Waals surface area contributed by atoms with Gasteiger partial charge < -0.3 is 5.11 Å². The van der Waals surface area contributed by atoms with Gasteiger partial charge in [0.05, 0.1) is 15.5 Å². The normalized spacial score (nSPS) is 11.5. The minimum atomic E-state index is -4.80. The lowest BCUT2D eigenvalue weighted by Crippen LogP contribution is -2.06. The Morgan fingerprint density at radius 3 is 2.33 bits per heavy atom. The zero-order valence-electron chi connectivity index (χ0n) is 6.88. The molecule has 1 N–H and O–H groups in total. The van der Waals surface area contributed by atoms with Gasteiger partial charge in [0.2, 0.25) is 0 Å². The molecule has 82 valence electrons. The van der Waals surface area contributed by atoms with Crippen molar-refractivity contribution in [1.29, 1.82) is 0 Å². The molecule has 1 aromatic rings. The summed E-state index contributed by atoms with van der Waals surface area (Å²) < 4.78 is 36.7. The molecule has 15 heavy (non-hydrogen) atoms. The van der Waals surface area contributed by atoms with E-state index in [9.17, 15) is 23.3 Å². The topological polar surface area (TPSA) is 63.4 Å². The van der Waals surface area contributed by atoms with E-state index in [1.807, 2.05) is 0 Å². The summed E-state index contributed by atoms with van der Waals surface area (Å²) in [7, 11) is 0. The summed E-state index contributed by atoms with van der Waals surface area (Å²) in [6, 6.07) is 0.681. The largest absolute Gasteiger partial charge is 0.502 e. The van der Waals surface area contributed by atoms with E-state index in [2.05, 4.69) is 0 Å². The van der Waals surface area contributed by atoms with Crippen LogP contribution in [0.5, 0.6) is 5.75 Å². The monoisotopic (exact) mass is 241 g/mol. The smallest absolute Gasteiger partial charge is 0.418 e. The van der Waals surface area contributed by atoms with Crippen molar-refractivity contribution in [2.24, 2.45) is 0 Å². The van der Waals surface area contributed by atoms with Crippen LogP contribution in [0.1, 0.15) is 5.56 Å². The highest BCUT2D eigenvalue weighted by molar-refractivity contribution is 6.31. The maximum atomic E-state index is 12.2. The lowest BCUT2D eigenvalue weighted by Gasteiger charge is -2.08. The van der Waals surface area contributed by atoms with Gasteiger partial charge in [-0.1, -0.05) is 11.6 Å². The highest BCUT2D eigenvalue weighted by Crippen LogP contribution is 2.40. The number of benzene rings is 1. The summed E-state index contributed by atoms with van der Waals surface area (Å²) in [6.45, 7) is 0. The Morgan fingerprint density at radius 2 is 1.93 bits per heavy atom. The standard InChI is InChI=1S/C7H3ClF3NO3/c8-4-2-6(13)5(12(14)15)1-3(4)7(9,10)11/h1-2,13H. The van der Waals surface area contributed by atoms with E-state index in [-0.39, 0.29) is 6.07 Å². The number of aromatic hydroxyl groups is 1. The molecule has 0 saturated carbocycles. The molecule has 0 unspecified atom stereocenters. The van der Waals surface area contributed by atoms with E-state index >= 15 is 0 Å². The molecular formula is C7H3ClF3NO3. The van der Waals surface area contributed by atoms with E-state index < -0.39 is 33.1 Å². The first kappa shape index (κ1) is 11.6. The highest BCUT2D eigenvalue weighted by atomic mass is 35.5. The molecule has 8 heteroatoms. The zero-order valence-corrected chi connectivity index (χ0v) is 7.63. The van der Waals surface area contributed by atoms with Crippen LogP contribution in [-0.4, -0.2) is 10.0 Å². The fourth-order valence-electron chi connectivity index (χ4n) is 0.915. The van der Waals surface area contributed by atoms with Gasteiger partial charge in [0.15, 0.2) is 5.75 Å². The number of hydrogen-bond donors (Lipinski definition) is 1. The van der Waals surface area contributed by atoms with E-state index in [4.69, 9.17) is 16.7 Å². The van der Waals surface area contributed by atoms with Gasteiger partial charge in [0.1, 0.15) is 0 Å². The number of nitro benzene ring substituents is 1. The van der Waals surface area contributed by atoms with Crippen LogP contribution in [0.25, 0.3) is 0 Å². The molecule has 4 nitrogen and oxygen atoms in total. The number of nitrogens with zero attached hydrogens (tertiary/aromatic N) is 1. The average Bonchev–Trinajstić information content (AvgIpc) is 2.00. The molecule has 0 radical (unpaired) electrons. The maximum absolute atomic E-state index is 12.2. The third kappa shape index (κ3) is 2.30. The molecule has 1 aromatic carbocycles. The summed E-state index contributed by atoms with van der Waals surface area (Å²) >= 11 is 5.19. The summed E-state index contributed by atoms with van der Waals surface area (Å²) in [6.07, 6.45) is -4.80. The molecule has 0 bridgehead atoms. The van der Waals surface area contributed by atoms with Crippen LogP contribution in [0.15, 0.2) is 12.1 Å². The Morgan fingerprint density at radius 1 is 1.40 bits per heavy atom. The van der Waals surface area contributed by atoms with Crippen molar-refractivity contribution >= 4 is 17.3 Å². The number of alkyl halides is 3. The molecule has 0 aromatic heterocycles. The van der Waals surface area contributed by atoms with Gasteiger partial charge in [-0.2, -0.15) is 13.2 Å². The van der Waals surface area contributed by atoms with Crippen LogP contribution in [0, 0.1) is 10.1 Å². The molecule has 0 aliphatic heterocycles. The molecule has 0 saturated heterocycles. The fourth-order valence-corrected chi connectivity index (χ4v) is 1.18. The molecule has 1 rings (SSSR count). The van der Waals surface area contributed by atoms with Crippen molar-refractivity contribution in [3.63, 3.8) is 0 Å². The van der Waals surface area contributed by atoms with Crippen LogP contribution in [0.4, 0.5) is 18.9 Å². The molecule has 0 aliphatic rings.